The summed E-state index contributed by atoms with van der Waals surface area (Å²) in [6.45, 7) is 4.14. The van der Waals surface area contributed by atoms with E-state index in [-0.39, 0.29) is 17.7 Å². The van der Waals surface area contributed by atoms with E-state index in [0.717, 1.165) is 5.56 Å². The van der Waals surface area contributed by atoms with E-state index in [9.17, 15) is 9.59 Å². The third kappa shape index (κ3) is 4.67. The van der Waals surface area contributed by atoms with Gasteiger partial charge in [0.1, 0.15) is 0 Å². The minimum atomic E-state index is -0.00678. The molecule has 1 rings (SSSR count). The Labute approximate surface area is 108 Å². The average molecular weight is 248 g/mol. The van der Waals surface area contributed by atoms with Gasteiger partial charge in [0.2, 0.25) is 5.91 Å². The molecule has 0 saturated carbocycles. The molecule has 0 aliphatic rings. The number of carbonyl (C=O) groups excluding carboxylic acids is 2. The Morgan fingerprint density at radius 3 is 2.33 bits per heavy atom. The van der Waals surface area contributed by atoms with Crippen LogP contribution in [0.1, 0.15) is 29.8 Å². The largest absolute Gasteiger partial charge is 0.354 e. The van der Waals surface area contributed by atoms with Gasteiger partial charge in [-0.2, -0.15) is 0 Å². The van der Waals surface area contributed by atoms with Gasteiger partial charge in [0.05, 0.1) is 6.42 Å². The summed E-state index contributed by atoms with van der Waals surface area (Å²) in [5.74, 6) is 0.0292. The molecule has 18 heavy (non-hydrogen) atoms. The van der Waals surface area contributed by atoms with Crippen LogP contribution >= 0.6 is 0 Å². The number of nitrogens with one attached hydrogen (secondary N) is 2. The minimum absolute atomic E-state index is 0.00678. The fraction of sp³-hybridized carbons (Fsp3) is 0.429. The first-order valence-corrected chi connectivity index (χ1v) is 6.06. The molecule has 4 heteroatoms. The van der Waals surface area contributed by atoms with Crippen molar-refractivity contribution in [2.75, 3.05) is 13.6 Å². The molecule has 0 heterocycles. The summed E-state index contributed by atoms with van der Waals surface area (Å²) in [6.07, 6.45) is 0.342. The molecule has 1 aromatic carbocycles. The fourth-order valence-corrected chi connectivity index (χ4v) is 1.47. The van der Waals surface area contributed by atoms with Gasteiger partial charge >= 0.3 is 0 Å². The van der Waals surface area contributed by atoms with Crippen LogP contribution in [0.5, 0.6) is 0 Å². The number of ketones is 1. The molecule has 0 bridgehead atoms. The van der Waals surface area contributed by atoms with Gasteiger partial charge in [-0.05, 0) is 26.5 Å². The molecule has 1 amide bonds. The number of amides is 1. The standard InChI is InChI=1S/C14H20N2O2/c1-10(15-3)9-16-14(18)8-12-4-6-13(7-5-12)11(2)17/h4-7,10,15H,8-9H2,1-3H3,(H,16,18). The maximum Gasteiger partial charge on any atom is 0.224 e. The second kappa shape index (κ2) is 6.91. The first-order chi connectivity index (χ1) is 8.52. The van der Waals surface area contributed by atoms with Crippen LogP contribution < -0.4 is 10.6 Å². The van der Waals surface area contributed by atoms with Gasteiger partial charge in [-0.15, -0.1) is 0 Å². The van der Waals surface area contributed by atoms with Gasteiger partial charge < -0.3 is 10.6 Å². The van der Waals surface area contributed by atoms with Crippen LogP contribution in [0, 0.1) is 0 Å². The van der Waals surface area contributed by atoms with Gasteiger partial charge in [0.25, 0.3) is 0 Å². The van der Waals surface area contributed by atoms with E-state index in [1.54, 1.807) is 12.1 Å². The summed E-state index contributed by atoms with van der Waals surface area (Å²) in [5, 5.41) is 5.90. The molecule has 1 unspecified atom stereocenters. The van der Waals surface area contributed by atoms with Crippen molar-refractivity contribution in [2.24, 2.45) is 0 Å². The van der Waals surface area contributed by atoms with E-state index in [2.05, 4.69) is 10.6 Å². The van der Waals surface area contributed by atoms with E-state index in [4.69, 9.17) is 0 Å². The molecule has 0 radical (unpaired) electrons. The lowest BCUT2D eigenvalue weighted by molar-refractivity contribution is -0.120. The van der Waals surface area contributed by atoms with Crippen LogP contribution in [-0.4, -0.2) is 31.3 Å². The Morgan fingerprint density at radius 1 is 1.22 bits per heavy atom. The summed E-state index contributed by atoms with van der Waals surface area (Å²) in [7, 11) is 1.86. The molecule has 0 aromatic heterocycles. The van der Waals surface area contributed by atoms with E-state index in [1.165, 1.54) is 6.92 Å². The van der Waals surface area contributed by atoms with Crippen molar-refractivity contribution in [3.8, 4) is 0 Å². The van der Waals surface area contributed by atoms with E-state index in [1.807, 2.05) is 26.1 Å². The Bertz CT molecular complexity index is 412. The van der Waals surface area contributed by atoms with Crippen LogP contribution in [0.25, 0.3) is 0 Å². The number of likely N-dealkylation sites (N-methyl/N-ethyl adjacent to an activating group) is 1. The third-order valence-electron chi connectivity index (χ3n) is 2.82. The molecule has 0 aliphatic heterocycles. The van der Waals surface area contributed by atoms with Crippen molar-refractivity contribution in [3.63, 3.8) is 0 Å². The normalized spacial score (nSPS) is 11.9. The minimum Gasteiger partial charge on any atom is -0.354 e. The lowest BCUT2D eigenvalue weighted by Crippen LogP contribution is -2.37. The first kappa shape index (κ1) is 14.4. The topological polar surface area (TPSA) is 58.2 Å². The van der Waals surface area contributed by atoms with Crippen molar-refractivity contribution in [1.82, 2.24) is 10.6 Å². The Kier molecular flexibility index (Phi) is 5.52. The van der Waals surface area contributed by atoms with Crippen molar-refractivity contribution in [2.45, 2.75) is 26.3 Å². The zero-order chi connectivity index (χ0) is 13.5. The van der Waals surface area contributed by atoms with Gasteiger partial charge in [0, 0.05) is 18.2 Å². The Hall–Kier alpha value is -1.68. The van der Waals surface area contributed by atoms with Crippen LogP contribution in [-0.2, 0) is 11.2 Å². The smallest absolute Gasteiger partial charge is 0.224 e. The highest BCUT2D eigenvalue weighted by molar-refractivity contribution is 5.94. The van der Waals surface area contributed by atoms with E-state index >= 15 is 0 Å². The lowest BCUT2D eigenvalue weighted by atomic mass is 10.1. The summed E-state index contributed by atoms with van der Waals surface area (Å²) in [5.41, 5.74) is 1.58. The molecule has 2 N–H and O–H groups in total. The quantitative estimate of drug-likeness (QED) is 0.743. The number of rotatable bonds is 6. The third-order valence-corrected chi connectivity index (χ3v) is 2.82. The highest BCUT2D eigenvalue weighted by atomic mass is 16.1. The molecule has 0 spiro atoms. The van der Waals surface area contributed by atoms with Gasteiger partial charge in [0.15, 0.2) is 5.78 Å². The number of Topliss-reactive ketones (excluding diaryl/α,β-unsaturated/α-hetero) is 1. The second-order valence-electron chi connectivity index (χ2n) is 4.42. The molecular weight excluding hydrogens is 228 g/mol. The Balaban J connectivity index is 2.47. The molecule has 0 saturated heterocycles. The molecule has 1 atom stereocenters. The zero-order valence-electron chi connectivity index (χ0n) is 11.1. The van der Waals surface area contributed by atoms with Crippen molar-refractivity contribution < 1.29 is 9.59 Å². The predicted molar refractivity (Wildman–Crippen MR) is 71.7 cm³/mol. The molecule has 1 aromatic rings. The average Bonchev–Trinajstić information content (AvgIpc) is 2.36. The number of hydrogen-bond donors (Lipinski definition) is 2. The van der Waals surface area contributed by atoms with Crippen LogP contribution in [0.3, 0.4) is 0 Å². The highest BCUT2D eigenvalue weighted by Crippen LogP contribution is 2.05. The molecule has 98 valence electrons. The zero-order valence-corrected chi connectivity index (χ0v) is 11.1. The summed E-state index contributed by atoms with van der Waals surface area (Å²) < 4.78 is 0. The number of hydrogen-bond acceptors (Lipinski definition) is 3. The van der Waals surface area contributed by atoms with Crippen LogP contribution in [0.15, 0.2) is 24.3 Å². The van der Waals surface area contributed by atoms with Crippen molar-refractivity contribution in [3.05, 3.63) is 35.4 Å². The monoisotopic (exact) mass is 248 g/mol. The van der Waals surface area contributed by atoms with Crippen molar-refractivity contribution >= 4 is 11.7 Å². The van der Waals surface area contributed by atoms with Gasteiger partial charge in [-0.1, -0.05) is 24.3 Å². The molecule has 4 nitrogen and oxygen atoms in total. The number of carbonyl (C=O) groups is 2. The maximum absolute atomic E-state index is 11.6. The summed E-state index contributed by atoms with van der Waals surface area (Å²) >= 11 is 0. The van der Waals surface area contributed by atoms with Crippen molar-refractivity contribution in [1.29, 1.82) is 0 Å². The Morgan fingerprint density at radius 2 is 1.83 bits per heavy atom. The maximum atomic E-state index is 11.6. The highest BCUT2D eigenvalue weighted by Gasteiger charge is 2.06. The fourth-order valence-electron chi connectivity index (χ4n) is 1.47. The summed E-state index contributed by atoms with van der Waals surface area (Å²) in [4.78, 5) is 22.7. The van der Waals surface area contributed by atoms with Gasteiger partial charge in [-0.3, -0.25) is 9.59 Å². The SMILES string of the molecule is CNC(C)CNC(=O)Cc1ccc(C(C)=O)cc1. The first-order valence-electron chi connectivity index (χ1n) is 6.06. The molecular formula is C14H20N2O2. The molecule has 0 aliphatic carbocycles. The second-order valence-corrected chi connectivity index (χ2v) is 4.42. The predicted octanol–water partition coefficient (Wildman–Crippen LogP) is 1.16. The number of benzene rings is 1. The van der Waals surface area contributed by atoms with Gasteiger partial charge in [-0.25, -0.2) is 0 Å². The lowest BCUT2D eigenvalue weighted by Gasteiger charge is -2.11. The van der Waals surface area contributed by atoms with E-state index in [0.29, 0.717) is 18.5 Å². The van der Waals surface area contributed by atoms with Crippen LogP contribution in [0.2, 0.25) is 0 Å². The van der Waals surface area contributed by atoms with Crippen LogP contribution in [0.4, 0.5) is 0 Å². The summed E-state index contributed by atoms with van der Waals surface area (Å²) in [6, 6.07) is 7.40. The molecule has 0 fully saturated rings. The van der Waals surface area contributed by atoms with E-state index < -0.39 is 0 Å².